The van der Waals surface area contributed by atoms with Gasteiger partial charge in [0, 0.05) is 0 Å². The number of fused-ring (bicyclic) bond motifs is 1. The Morgan fingerprint density at radius 2 is 2.00 bits per heavy atom. The summed E-state index contributed by atoms with van der Waals surface area (Å²) in [6, 6.07) is 10.4. The van der Waals surface area contributed by atoms with Crippen molar-refractivity contribution in [3.8, 4) is 0 Å². The maximum Gasteiger partial charge on any atom is 0.249 e. The number of nitrogens with two attached hydrogens (primary N) is 1. The van der Waals surface area contributed by atoms with Gasteiger partial charge in [0.1, 0.15) is 0 Å². The lowest BCUT2D eigenvalue weighted by molar-refractivity contribution is 0.100. The Hall–Kier alpha value is -2.09. The minimum Gasteiger partial charge on any atom is -0.366 e. The topological polar surface area (TPSA) is 43.1 Å². The normalized spacial score (nSPS) is 12.8. The summed E-state index contributed by atoms with van der Waals surface area (Å²) in [6.45, 7) is 6.42. The molecule has 0 aromatic heterocycles. The van der Waals surface area contributed by atoms with Gasteiger partial charge in [-0.2, -0.15) is 0 Å². The van der Waals surface area contributed by atoms with Crippen LogP contribution in [0.15, 0.2) is 42.5 Å². The molecular weight excluding hydrogens is 294 g/mol. The number of carbonyl (C=O) groups excluding carboxylic acids is 1. The number of rotatable bonds is 8. The Bertz CT molecular complexity index is 730. The van der Waals surface area contributed by atoms with Crippen LogP contribution in [0.3, 0.4) is 0 Å². The van der Waals surface area contributed by atoms with Crippen LogP contribution in [0.4, 0.5) is 0 Å². The number of amides is 1. The van der Waals surface area contributed by atoms with Gasteiger partial charge in [0.15, 0.2) is 0 Å². The number of benzene rings is 2. The molecule has 1 amide bonds. The average molecular weight is 323 g/mol. The van der Waals surface area contributed by atoms with Gasteiger partial charge in [0.05, 0.1) is 5.56 Å². The molecule has 0 heterocycles. The van der Waals surface area contributed by atoms with Crippen molar-refractivity contribution in [3.05, 3.63) is 59.2 Å². The summed E-state index contributed by atoms with van der Waals surface area (Å²) in [6.07, 6.45) is 9.69. The van der Waals surface area contributed by atoms with Gasteiger partial charge in [-0.05, 0) is 66.8 Å². The lowest BCUT2D eigenvalue weighted by atomic mass is 9.82. The number of carbonyl (C=O) groups is 1. The molecule has 1 atom stereocenters. The third kappa shape index (κ3) is 3.87. The van der Waals surface area contributed by atoms with Crippen LogP contribution in [-0.4, -0.2) is 5.91 Å². The first-order valence-electron chi connectivity index (χ1n) is 9.09. The van der Waals surface area contributed by atoms with E-state index in [-0.39, 0.29) is 5.91 Å². The second-order valence-corrected chi connectivity index (χ2v) is 6.36. The smallest absolute Gasteiger partial charge is 0.249 e. The molecule has 0 fully saturated rings. The molecule has 2 rings (SSSR count). The average Bonchev–Trinajstić information content (AvgIpc) is 2.60. The summed E-state index contributed by atoms with van der Waals surface area (Å²) in [4.78, 5) is 12.2. The second-order valence-electron chi connectivity index (χ2n) is 6.36. The van der Waals surface area contributed by atoms with E-state index in [4.69, 9.17) is 5.73 Å². The fourth-order valence-electron chi connectivity index (χ4n) is 3.67. The maximum atomic E-state index is 12.2. The van der Waals surface area contributed by atoms with Gasteiger partial charge >= 0.3 is 0 Å². The zero-order valence-corrected chi connectivity index (χ0v) is 15.1. The number of hydrogen-bond donors (Lipinski definition) is 1. The van der Waals surface area contributed by atoms with E-state index >= 15 is 0 Å². The van der Waals surface area contributed by atoms with E-state index in [2.05, 4.69) is 45.1 Å². The summed E-state index contributed by atoms with van der Waals surface area (Å²) in [7, 11) is 0. The van der Waals surface area contributed by atoms with E-state index in [0.717, 1.165) is 47.6 Å². The van der Waals surface area contributed by atoms with E-state index in [0.29, 0.717) is 5.92 Å². The fourth-order valence-corrected chi connectivity index (χ4v) is 3.67. The SMILES string of the molecule is CC=CCCCC(CC)c1cc2ccccc2c(C(N)=O)c1CC. The van der Waals surface area contributed by atoms with E-state index in [1.165, 1.54) is 12.0 Å². The Morgan fingerprint density at radius 3 is 2.62 bits per heavy atom. The first-order valence-corrected chi connectivity index (χ1v) is 9.09. The van der Waals surface area contributed by atoms with Crippen molar-refractivity contribution < 1.29 is 4.79 Å². The Labute approximate surface area is 145 Å². The molecule has 2 nitrogen and oxygen atoms in total. The first-order chi connectivity index (χ1) is 11.6. The summed E-state index contributed by atoms with van der Waals surface area (Å²) in [5.41, 5.74) is 8.93. The highest BCUT2D eigenvalue weighted by Crippen LogP contribution is 2.35. The standard InChI is InChI=1S/C22H29NO/c1-4-7-8-9-12-16(5-2)20-15-17-13-10-11-14-19(17)21(22(23)24)18(20)6-3/h4,7,10-11,13-16H,5-6,8-9,12H2,1-3H3,(H2,23,24). The Morgan fingerprint density at radius 1 is 1.25 bits per heavy atom. The molecule has 2 aromatic rings. The number of hydrogen-bond acceptors (Lipinski definition) is 1. The fraction of sp³-hybridized carbons (Fsp3) is 0.409. The van der Waals surface area contributed by atoms with Gasteiger partial charge in [0.2, 0.25) is 5.91 Å². The summed E-state index contributed by atoms with van der Waals surface area (Å²) >= 11 is 0. The Kier molecular flexibility index (Phi) is 6.60. The van der Waals surface area contributed by atoms with Crippen molar-refractivity contribution in [1.82, 2.24) is 0 Å². The molecule has 1 unspecified atom stereocenters. The molecule has 0 saturated heterocycles. The molecular formula is C22H29NO. The lowest BCUT2D eigenvalue weighted by Gasteiger charge is -2.22. The largest absolute Gasteiger partial charge is 0.366 e. The highest BCUT2D eigenvalue weighted by atomic mass is 16.1. The summed E-state index contributed by atoms with van der Waals surface area (Å²) in [5.74, 6) is 0.168. The first kappa shape index (κ1) is 18.3. The number of allylic oxidation sites excluding steroid dienone is 2. The minimum atomic E-state index is -0.311. The molecule has 0 spiro atoms. The van der Waals surface area contributed by atoms with Crippen molar-refractivity contribution in [3.63, 3.8) is 0 Å². The van der Waals surface area contributed by atoms with Crippen molar-refractivity contribution in [2.75, 3.05) is 0 Å². The van der Waals surface area contributed by atoms with Crippen LogP contribution in [-0.2, 0) is 6.42 Å². The molecule has 0 radical (unpaired) electrons. The molecule has 0 bridgehead atoms. The molecule has 2 aromatic carbocycles. The lowest BCUT2D eigenvalue weighted by Crippen LogP contribution is -2.17. The highest BCUT2D eigenvalue weighted by Gasteiger charge is 2.20. The second kappa shape index (κ2) is 8.68. The predicted molar refractivity (Wildman–Crippen MR) is 104 cm³/mol. The molecule has 0 aliphatic heterocycles. The summed E-state index contributed by atoms with van der Waals surface area (Å²) in [5, 5.41) is 2.10. The number of unbranched alkanes of at least 4 members (excludes halogenated alkanes) is 1. The van der Waals surface area contributed by atoms with Crippen molar-refractivity contribution in [2.24, 2.45) is 5.73 Å². The van der Waals surface area contributed by atoms with Crippen molar-refractivity contribution >= 4 is 16.7 Å². The molecule has 24 heavy (non-hydrogen) atoms. The van der Waals surface area contributed by atoms with Gasteiger partial charge in [-0.15, -0.1) is 0 Å². The maximum absolute atomic E-state index is 12.2. The van der Waals surface area contributed by atoms with E-state index in [9.17, 15) is 4.79 Å². The molecule has 0 aliphatic rings. The third-order valence-electron chi connectivity index (χ3n) is 4.88. The molecule has 0 aliphatic carbocycles. The van der Waals surface area contributed by atoms with Crippen LogP contribution >= 0.6 is 0 Å². The van der Waals surface area contributed by atoms with Crippen LogP contribution in [0.2, 0.25) is 0 Å². The zero-order chi connectivity index (χ0) is 17.5. The molecule has 0 saturated carbocycles. The van der Waals surface area contributed by atoms with Gasteiger partial charge in [0.25, 0.3) is 0 Å². The van der Waals surface area contributed by atoms with Crippen LogP contribution in [0.25, 0.3) is 10.8 Å². The molecule has 2 N–H and O–H groups in total. The van der Waals surface area contributed by atoms with Crippen molar-refractivity contribution in [2.45, 2.75) is 58.8 Å². The zero-order valence-electron chi connectivity index (χ0n) is 15.1. The highest BCUT2D eigenvalue weighted by molar-refractivity contribution is 6.08. The van der Waals surface area contributed by atoms with Crippen LogP contribution < -0.4 is 5.73 Å². The monoisotopic (exact) mass is 323 g/mol. The van der Waals surface area contributed by atoms with Crippen LogP contribution in [0, 0.1) is 0 Å². The number of primary amides is 1. The third-order valence-corrected chi connectivity index (χ3v) is 4.88. The van der Waals surface area contributed by atoms with Gasteiger partial charge in [-0.25, -0.2) is 0 Å². The molecule has 128 valence electrons. The Balaban J connectivity index is 2.53. The molecule has 2 heteroatoms. The van der Waals surface area contributed by atoms with Gasteiger partial charge in [-0.1, -0.05) is 56.3 Å². The van der Waals surface area contributed by atoms with Crippen molar-refractivity contribution in [1.29, 1.82) is 0 Å². The van der Waals surface area contributed by atoms with Crippen LogP contribution in [0.5, 0.6) is 0 Å². The van der Waals surface area contributed by atoms with E-state index in [1.54, 1.807) is 0 Å². The van der Waals surface area contributed by atoms with Crippen LogP contribution in [0.1, 0.15) is 73.9 Å². The van der Waals surface area contributed by atoms with Gasteiger partial charge < -0.3 is 5.73 Å². The summed E-state index contributed by atoms with van der Waals surface area (Å²) < 4.78 is 0. The minimum absolute atomic E-state index is 0.311. The quantitative estimate of drug-likeness (QED) is 0.488. The van der Waals surface area contributed by atoms with E-state index in [1.807, 2.05) is 18.2 Å². The van der Waals surface area contributed by atoms with E-state index < -0.39 is 0 Å². The van der Waals surface area contributed by atoms with Gasteiger partial charge in [-0.3, -0.25) is 4.79 Å². The predicted octanol–water partition coefficient (Wildman–Crippen LogP) is 5.74.